The number of phenolic OH excluding ortho intramolecular Hbond substituents is 1. The number of nitrogens with zero attached hydrogens (tertiary/aromatic N) is 1. The molecular formula is C14H14N2O3. The van der Waals surface area contributed by atoms with E-state index in [2.05, 4.69) is 5.32 Å². The summed E-state index contributed by atoms with van der Waals surface area (Å²) < 4.78 is 0. The van der Waals surface area contributed by atoms with Gasteiger partial charge < -0.3 is 10.4 Å². The minimum absolute atomic E-state index is 0.0803. The van der Waals surface area contributed by atoms with Crippen molar-refractivity contribution in [2.24, 2.45) is 0 Å². The molecule has 0 amide bonds. The predicted molar refractivity (Wildman–Crippen MR) is 73.3 cm³/mol. The molecule has 2 N–H and O–H groups in total. The van der Waals surface area contributed by atoms with Crippen molar-refractivity contribution in [1.82, 2.24) is 0 Å². The SMILES string of the molecule is Cc1ccc(NCc2ccc([N+](=O)[O-])cc2)cc1O. The van der Waals surface area contributed by atoms with E-state index in [-0.39, 0.29) is 11.4 Å². The predicted octanol–water partition coefficient (Wildman–Crippen LogP) is 3.22. The van der Waals surface area contributed by atoms with Crippen LogP contribution >= 0.6 is 0 Å². The molecule has 0 aliphatic rings. The topological polar surface area (TPSA) is 75.4 Å². The molecule has 0 bridgehead atoms. The van der Waals surface area contributed by atoms with E-state index in [1.165, 1.54) is 12.1 Å². The number of non-ortho nitro benzene ring substituents is 1. The van der Waals surface area contributed by atoms with Gasteiger partial charge in [-0.05, 0) is 24.1 Å². The molecule has 0 atom stereocenters. The smallest absolute Gasteiger partial charge is 0.269 e. The standard InChI is InChI=1S/C14H14N2O3/c1-10-2-5-12(8-14(10)17)15-9-11-3-6-13(7-4-11)16(18)19/h2-8,15,17H,9H2,1H3. The van der Waals surface area contributed by atoms with Crippen LogP contribution in [0.1, 0.15) is 11.1 Å². The average Bonchev–Trinajstić information content (AvgIpc) is 2.40. The first-order valence-electron chi connectivity index (χ1n) is 5.83. The van der Waals surface area contributed by atoms with E-state index in [0.29, 0.717) is 6.54 Å². The molecule has 0 fully saturated rings. The quantitative estimate of drug-likeness (QED) is 0.652. The van der Waals surface area contributed by atoms with Crippen molar-refractivity contribution in [2.75, 3.05) is 5.32 Å². The molecule has 0 radical (unpaired) electrons. The molecule has 0 spiro atoms. The van der Waals surface area contributed by atoms with Gasteiger partial charge >= 0.3 is 0 Å². The van der Waals surface area contributed by atoms with Crippen molar-refractivity contribution in [2.45, 2.75) is 13.5 Å². The zero-order valence-electron chi connectivity index (χ0n) is 10.5. The highest BCUT2D eigenvalue weighted by Crippen LogP contribution is 2.21. The molecule has 0 aliphatic heterocycles. The number of nitro groups is 1. The second-order valence-corrected chi connectivity index (χ2v) is 4.28. The Bertz CT molecular complexity index is 594. The number of aryl methyl sites for hydroxylation is 1. The fourth-order valence-corrected chi connectivity index (χ4v) is 1.66. The molecule has 2 aromatic carbocycles. The van der Waals surface area contributed by atoms with Crippen molar-refractivity contribution in [3.8, 4) is 5.75 Å². The number of nitrogens with one attached hydrogen (secondary N) is 1. The third-order valence-electron chi connectivity index (χ3n) is 2.85. The van der Waals surface area contributed by atoms with E-state index >= 15 is 0 Å². The number of benzene rings is 2. The summed E-state index contributed by atoms with van der Waals surface area (Å²) in [7, 11) is 0. The zero-order chi connectivity index (χ0) is 13.8. The number of phenols is 1. The maximum atomic E-state index is 10.5. The van der Waals surface area contributed by atoms with Crippen LogP contribution in [-0.2, 0) is 6.54 Å². The Morgan fingerprint density at radius 3 is 2.47 bits per heavy atom. The van der Waals surface area contributed by atoms with Crippen LogP contribution in [0.2, 0.25) is 0 Å². The molecule has 0 unspecified atom stereocenters. The minimum atomic E-state index is -0.421. The summed E-state index contributed by atoms with van der Waals surface area (Å²) in [5, 5.41) is 23.3. The first-order valence-corrected chi connectivity index (χ1v) is 5.83. The monoisotopic (exact) mass is 258 g/mol. The lowest BCUT2D eigenvalue weighted by atomic mass is 10.2. The number of aromatic hydroxyl groups is 1. The maximum Gasteiger partial charge on any atom is 0.269 e. The summed E-state index contributed by atoms with van der Waals surface area (Å²) in [4.78, 5) is 10.1. The summed E-state index contributed by atoms with van der Waals surface area (Å²) in [6.45, 7) is 2.37. The Morgan fingerprint density at radius 1 is 1.21 bits per heavy atom. The van der Waals surface area contributed by atoms with Crippen molar-refractivity contribution >= 4 is 11.4 Å². The summed E-state index contributed by atoms with van der Waals surface area (Å²) in [5.74, 6) is 0.244. The van der Waals surface area contributed by atoms with Gasteiger partial charge in [-0.25, -0.2) is 0 Å². The van der Waals surface area contributed by atoms with Gasteiger partial charge in [-0.1, -0.05) is 18.2 Å². The summed E-state index contributed by atoms with van der Waals surface area (Å²) >= 11 is 0. The molecule has 2 rings (SSSR count). The average molecular weight is 258 g/mol. The van der Waals surface area contributed by atoms with Crippen molar-refractivity contribution < 1.29 is 10.0 Å². The van der Waals surface area contributed by atoms with Crippen LogP contribution < -0.4 is 5.32 Å². The van der Waals surface area contributed by atoms with Crippen LogP contribution in [0.4, 0.5) is 11.4 Å². The number of rotatable bonds is 4. The first-order chi connectivity index (χ1) is 9.06. The Kier molecular flexibility index (Phi) is 3.66. The van der Waals surface area contributed by atoms with Crippen LogP contribution in [0.3, 0.4) is 0 Å². The van der Waals surface area contributed by atoms with Crippen molar-refractivity contribution in [3.05, 3.63) is 63.7 Å². The molecule has 5 heteroatoms. The molecule has 0 aromatic heterocycles. The van der Waals surface area contributed by atoms with E-state index in [1.807, 2.05) is 19.1 Å². The lowest BCUT2D eigenvalue weighted by molar-refractivity contribution is -0.384. The molecule has 0 saturated heterocycles. The van der Waals surface area contributed by atoms with Gasteiger partial charge in [0.25, 0.3) is 5.69 Å². The van der Waals surface area contributed by atoms with Gasteiger partial charge in [-0.2, -0.15) is 0 Å². The first kappa shape index (κ1) is 12.9. The van der Waals surface area contributed by atoms with E-state index < -0.39 is 4.92 Å². The Balaban J connectivity index is 2.01. The van der Waals surface area contributed by atoms with Crippen molar-refractivity contribution in [1.29, 1.82) is 0 Å². The number of nitro benzene ring substituents is 1. The van der Waals surface area contributed by atoms with Crippen LogP contribution in [0.15, 0.2) is 42.5 Å². The van der Waals surface area contributed by atoms with Crippen LogP contribution in [0.25, 0.3) is 0 Å². The molecule has 5 nitrogen and oxygen atoms in total. The Hall–Kier alpha value is -2.56. The molecular weight excluding hydrogens is 244 g/mol. The molecule has 0 aliphatic carbocycles. The van der Waals surface area contributed by atoms with E-state index in [0.717, 1.165) is 16.8 Å². The second kappa shape index (κ2) is 5.39. The summed E-state index contributed by atoms with van der Waals surface area (Å²) in [5.41, 5.74) is 2.64. The highest BCUT2D eigenvalue weighted by molar-refractivity contribution is 5.51. The fraction of sp³-hybridized carbons (Fsp3) is 0.143. The van der Waals surface area contributed by atoms with E-state index in [9.17, 15) is 15.2 Å². The third-order valence-corrected chi connectivity index (χ3v) is 2.85. The number of anilines is 1. The van der Waals surface area contributed by atoms with Crippen LogP contribution in [0, 0.1) is 17.0 Å². The van der Waals surface area contributed by atoms with Gasteiger partial charge in [0.05, 0.1) is 4.92 Å². The van der Waals surface area contributed by atoms with Crippen LogP contribution in [-0.4, -0.2) is 10.0 Å². The lowest BCUT2D eigenvalue weighted by Crippen LogP contribution is -1.99. The second-order valence-electron chi connectivity index (χ2n) is 4.28. The summed E-state index contributed by atoms with van der Waals surface area (Å²) in [6, 6.07) is 11.7. The normalized spacial score (nSPS) is 10.2. The van der Waals surface area contributed by atoms with E-state index in [1.54, 1.807) is 18.2 Å². The van der Waals surface area contributed by atoms with E-state index in [4.69, 9.17) is 0 Å². The summed E-state index contributed by atoms with van der Waals surface area (Å²) in [6.07, 6.45) is 0. The van der Waals surface area contributed by atoms with Crippen molar-refractivity contribution in [3.63, 3.8) is 0 Å². The van der Waals surface area contributed by atoms with Gasteiger partial charge in [-0.3, -0.25) is 10.1 Å². The minimum Gasteiger partial charge on any atom is -0.508 e. The van der Waals surface area contributed by atoms with Gasteiger partial charge in [0.15, 0.2) is 0 Å². The lowest BCUT2D eigenvalue weighted by Gasteiger charge is -2.08. The highest BCUT2D eigenvalue weighted by atomic mass is 16.6. The fourth-order valence-electron chi connectivity index (χ4n) is 1.66. The molecule has 0 saturated carbocycles. The molecule has 19 heavy (non-hydrogen) atoms. The Morgan fingerprint density at radius 2 is 1.89 bits per heavy atom. The van der Waals surface area contributed by atoms with Gasteiger partial charge in [0.2, 0.25) is 0 Å². The van der Waals surface area contributed by atoms with Gasteiger partial charge in [0.1, 0.15) is 5.75 Å². The Labute approximate surface area is 110 Å². The number of hydrogen-bond donors (Lipinski definition) is 2. The molecule has 0 heterocycles. The van der Waals surface area contributed by atoms with Crippen LogP contribution in [0.5, 0.6) is 5.75 Å². The largest absolute Gasteiger partial charge is 0.508 e. The number of hydrogen-bond acceptors (Lipinski definition) is 4. The van der Waals surface area contributed by atoms with Gasteiger partial charge in [-0.15, -0.1) is 0 Å². The van der Waals surface area contributed by atoms with Gasteiger partial charge in [0, 0.05) is 30.4 Å². The third kappa shape index (κ3) is 3.22. The molecule has 98 valence electrons. The molecule has 2 aromatic rings. The zero-order valence-corrected chi connectivity index (χ0v) is 10.5. The highest BCUT2D eigenvalue weighted by Gasteiger charge is 2.04. The maximum absolute atomic E-state index is 10.5.